The van der Waals surface area contributed by atoms with E-state index in [9.17, 15) is 0 Å². The molecule has 0 radical (unpaired) electrons. The Kier molecular flexibility index (Phi) is 3.99. The van der Waals surface area contributed by atoms with Crippen molar-refractivity contribution in [1.29, 1.82) is 0 Å². The van der Waals surface area contributed by atoms with E-state index in [2.05, 4.69) is 23.0 Å². The molecule has 2 aromatic heterocycles. The van der Waals surface area contributed by atoms with Gasteiger partial charge in [0.05, 0.1) is 10.0 Å². The van der Waals surface area contributed by atoms with E-state index < -0.39 is 0 Å². The second-order valence-corrected chi connectivity index (χ2v) is 5.76. The Bertz CT molecular complexity index is 498. The van der Waals surface area contributed by atoms with Crippen molar-refractivity contribution in [2.75, 3.05) is 12.8 Å². The maximum absolute atomic E-state index is 5.90. The quantitative estimate of drug-likeness (QED) is 0.926. The number of rotatable bonds is 4. The van der Waals surface area contributed by atoms with Gasteiger partial charge in [0.1, 0.15) is 0 Å². The molecule has 90 valence electrons. The van der Waals surface area contributed by atoms with Gasteiger partial charge < -0.3 is 5.73 Å². The summed E-state index contributed by atoms with van der Waals surface area (Å²) >= 11 is 7.50. The van der Waals surface area contributed by atoms with Crippen LogP contribution in [0.5, 0.6) is 0 Å². The Labute approximate surface area is 110 Å². The van der Waals surface area contributed by atoms with E-state index >= 15 is 0 Å². The zero-order valence-corrected chi connectivity index (χ0v) is 11.1. The van der Waals surface area contributed by atoms with E-state index in [-0.39, 0.29) is 0 Å². The van der Waals surface area contributed by atoms with Gasteiger partial charge in [-0.2, -0.15) is 0 Å². The lowest BCUT2D eigenvalue weighted by Crippen LogP contribution is -2.17. The standard InChI is InChI=1S/C12H14ClN3S/c1-16(8-11-2-3-12(13)17-11)7-10-6-9(14)4-5-15-10/h2-6H,7-8H2,1H3,(H2,14,15). The first-order valence-corrected chi connectivity index (χ1v) is 6.46. The molecule has 0 aliphatic carbocycles. The van der Waals surface area contributed by atoms with Crippen molar-refractivity contribution >= 4 is 28.6 Å². The summed E-state index contributed by atoms with van der Waals surface area (Å²) in [4.78, 5) is 7.72. The summed E-state index contributed by atoms with van der Waals surface area (Å²) in [6, 6.07) is 7.67. The molecule has 0 spiro atoms. The van der Waals surface area contributed by atoms with Crippen LogP contribution in [-0.2, 0) is 13.1 Å². The number of pyridine rings is 1. The van der Waals surface area contributed by atoms with Crippen molar-refractivity contribution in [3.63, 3.8) is 0 Å². The zero-order valence-electron chi connectivity index (χ0n) is 9.56. The van der Waals surface area contributed by atoms with Crippen LogP contribution in [0.15, 0.2) is 30.5 Å². The van der Waals surface area contributed by atoms with Crippen molar-refractivity contribution < 1.29 is 0 Å². The molecular weight excluding hydrogens is 254 g/mol. The molecule has 2 N–H and O–H groups in total. The number of thiophene rings is 1. The van der Waals surface area contributed by atoms with Crippen molar-refractivity contribution in [1.82, 2.24) is 9.88 Å². The first-order valence-electron chi connectivity index (χ1n) is 5.26. The summed E-state index contributed by atoms with van der Waals surface area (Å²) in [5.74, 6) is 0. The van der Waals surface area contributed by atoms with Crippen LogP contribution in [0.1, 0.15) is 10.6 Å². The van der Waals surface area contributed by atoms with Gasteiger partial charge in [-0.1, -0.05) is 11.6 Å². The van der Waals surface area contributed by atoms with Crippen LogP contribution in [0.4, 0.5) is 5.69 Å². The van der Waals surface area contributed by atoms with E-state index in [1.54, 1.807) is 23.6 Å². The van der Waals surface area contributed by atoms with Crippen molar-refractivity contribution in [2.24, 2.45) is 0 Å². The van der Waals surface area contributed by atoms with Gasteiger partial charge in [0.25, 0.3) is 0 Å². The van der Waals surface area contributed by atoms with E-state index in [1.165, 1.54) is 4.88 Å². The molecule has 17 heavy (non-hydrogen) atoms. The third-order valence-electron chi connectivity index (χ3n) is 2.33. The lowest BCUT2D eigenvalue weighted by atomic mass is 10.3. The summed E-state index contributed by atoms with van der Waals surface area (Å²) in [7, 11) is 2.05. The topological polar surface area (TPSA) is 42.1 Å². The van der Waals surface area contributed by atoms with Crippen LogP contribution in [-0.4, -0.2) is 16.9 Å². The van der Waals surface area contributed by atoms with Crippen LogP contribution in [0.3, 0.4) is 0 Å². The van der Waals surface area contributed by atoms with Gasteiger partial charge in [-0.15, -0.1) is 11.3 Å². The molecule has 0 fully saturated rings. The molecule has 0 saturated carbocycles. The number of anilines is 1. The maximum atomic E-state index is 5.90. The molecule has 0 saturated heterocycles. The van der Waals surface area contributed by atoms with Crippen molar-refractivity contribution in [2.45, 2.75) is 13.1 Å². The molecule has 0 unspecified atom stereocenters. The Balaban J connectivity index is 1.95. The SMILES string of the molecule is CN(Cc1cc(N)ccn1)Cc1ccc(Cl)s1. The fourth-order valence-electron chi connectivity index (χ4n) is 1.62. The molecule has 0 atom stereocenters. The third-order valence-corrected chi connectivity index (χ3v) is 3.54. The molecule has 0 aromatic carbocycles. The molecule has 3 nitrogen and oxygen atoms in total. The lowest BCUT2D eigenvalue weighted by Gasteiger charge is -2.15. The van der Waals surface area contributed by atoms with Gasteiger partial charge in [0.15, 0.2) is 0 Å². The minimum absolute atomic E-state index is 0.752. The first kappa shape index (κ1) is 12.4. The Morgan fingerprint density at radius 3 is 2.82 bits per heavy atom. The fraction of sp³-hybridized carbons (Fsp3) is 0.250. The molecule has 5 heteroatoms. The minimum Gasteiger partial charge on any atom is -0.399 e. The van der Waals surface area contributed by atoms with E-state index in [4.69, 9.17) is 17.3 Å². The Morgan fingerprint density at radius 1 is 1.35 bits per heavy atom. The van der Waals surface area contributed by atoms with Crippen LogP contribution >= 0.6 is 22.9 Å². The average Bonchev–Trinajstić information content (AvgIpc) is 2.63. The van der Waals surface area contributed by atoms with Gasteiger partial charge in [-0.3, -0.25) is 9.88 Å². The molecule has 2 heterocycles. The number of hydrogen-bond acceptors (Lipinski definition) is 4. The maximum Gasteiger partial charge on any atom is 0.0931 e. The van der Waals surface area contributed by atoms with Crippen LogP contribution in [0, 0.1) is 0 Å². The van der Waals surface area contributed by atoms with Gasteiger partial charge in [-0.05, 0) is 31.3 Å². The summed E-state index contributed by atoms with van der Waals surface area (Å²) in [6.07, 6.45) is 1.74. The number of hydrogen-bond donors (Lipinski definition) is 1. The summed E-state index contributed by atoms with van der Waals surface area (Å²) in [5.41, 5.74) is 7.45. The van der Waals surface area contributed by atoms with Gasteiger partial charge >= 0.3 is 0 Å². The van der Waals surface area contributed by atoms with Crippen LogP contribution in [0.25, 0.3) is 0 Å². The largest absolute Gasteiger partial charge is 0.399 e. The highest BCUT2D eigenvalue weighted by Crippen LogP contribution is 2.22. The molecule has 2 aromatic rings. The second-order valence-electron chi connectivity index (χ2n) is 3.96. The van der Waals surface area contributed by atoms with Crippen LogP contribution < -0.4 is 5.73 Å². The summed E-state index contributed by atoms with van der Waals surface area (Å²) in [6.45, 7) is 1.65. The number of nitrogens with two attached hydrogens (primary N) is 1. The molecule has 0 aliphatic rings. The second kappa shape index (κ2) is 5.49. The number of halogens is 1. The van der Waals surface area contributed by atoms with E-state index in [1.807, 2.05) is 12.1 Å². The van der Waals surface area contributed by atoms with Gasteiger partial charge in [0.2, 0.25) is 0 Å². The van der Waals surface area contributed by atoms with Crippen molar-refractivity contribution in [3.05, 3.63) is 45.4 Å². The highest BCUT2D eigenvalue weighted by atomic mass is 35.5. The predicted octanol–water partition coefficient (Wildman–Crippen LogP) is 3.01. The normalized spacial score (nSPS) is 11.0. The smallest absolute Gasteiger partial charge is 0.0931 e. The van der Waals surface area contributed by atoms with Crippen molar-refractivity contribution in [3.8, 4) is 0 Å². The summed E-state index contributed by atoms with van der Waals surface area (Å²) in [5, 5.41) is 0. The number of aromatic nitrogens is 1. The Morgan fingerprint density at radius 2 is 2.18 bits per heavy atom. The Hall–Kier alpha value is -1.10. The average molecular weight is 268 g/mol. The molecular formula is C12H14ClN3S. The molecule has 0 aliphatic heterocycles. The number of nitrogen functional groups attached to an aromatic ring is 1. The van der Waals surface area contributed by atoms with E-state index in [0.717, 1.165) is 28.8 Å². The monoisotopic (exact) mass is 267 g/mol. The van der Waals surface area contributed by atoms with Crippen LogP contribution in [0.2, 0.25) is 4.34 Å². The van der Waals surface area contributed by atoms with Gasteiger partial charge in [-0.25, -0.2) is 0 Å². The first-order chi connectivity index (χ1) is 8.13. The fourth-order valence-corrected chi connectivity index (χ4v) is 2.79. The highest BCUT2D eigenvalue weighted by Gasteiger charge is 2.05. The molecule has 0 amide bonds. The van der Waals surface area contributed by atoms with E-state index in [0.29, 0.717) is 0 Å². The molecule has 2 rings (SSSR count). The lowest BCUT2D eigenvalue weighted by molar-refractivity contribution is 0.318. The number of nitrogens with zero attached hydrogens (tertiary/aromatic N) is 2. The summed E-state index contributed by atoms with van der Waals surface area (Å²) < 4.78 is 0.829. The van der Waals surface area contributed by atoms with Gasteiger partial charge in [0, 0.05) is 29.9 Å². The third kappa shape index (κ3) is 3.70. The molecule has 0 bridgehead atoms. The predicted molar refractivity (Wildman–Crippen MR) is 73.1 cm³/mol. The zero-order chi connectivity index (χ0) is 12.3. The minimum atomic E-state index is 0.752. The highest BCUT2D eigenvalue weighted by molar-refractivity contribution is 7.16.